The highest BCUT2D eigenvalue weighted by Crippen LogP contribution is 2.04. The summed E-state index contributed by atoms with van der Waals surface area (Å²) < 4.78 is 12.6. The normalized spacial score (nSPS) is 12.1. The van der Waals surface area contributed by atoms with E-state index in [9.17, 15) is 9.18 Å². The number of carbonyl (C=O) groups excluding carboxylic acids is 1. The predicted octanol–water partition coefficient (Wildman–Crippen LogP) is 2.11. The second-order valence-corrected chi connectivity index (χ2v) is 3.66. The lowest BCUT2D eigenvalue weighted by Gasteiger charge is -2.02. The van der Waals surface area contributed by atoms with E-state index in [0.717, 1.165) is 5.56 Å². The Balaban J connectivity index is 2.46. The average Bonchev–Trinajstić information content (AvgIpc) is 2.35. The number of hydrogen-bond acceptors (Lipinski definition) is 2. The summed E-state index contributed by atoms with van der Waals surface area (Å²) in [5.41, 5.74) is 0.745. The molecule has 0 spiro atoms. The minimum atomic E-state index is -0.311. The summed E-state index contributed by atoms with van der Waals surface area (Å²) in [7, 11) is 0. The Hall–Kier alpha value is -2.15. The van der Waals surface area contributed by atoms with E-state index in [2.05, 4.69) is 5.32 Å². The molecule has 0 saturated carbocycles. The number of nitriles is 1. The van der Waals surface area contributed by atoms with Crippen molar-refractivity contribution in [3.05, 3.63) is 41.7 Å². The molecule has 0 unspecified atom stereocenters. The van der Waals surface area contributed by atoms with Crippen molar-refractivity contribution in [1.29, 1.82) is 5.26 Å². The van der Waals surface area contributed by atoms with E-state index in [1.807, 2.05) is 6.07 Å². The Morgan fingerprint density at radius 3 is 2.76 bits per heavy atom. The third-order valence-corrected chi connectivity index (χ3v) is 2.10. The molecule has 3 nitrogen and oxygen atoms in total. The Labute approximate surface area is 99.6 Å². The molecule has 1 aromatic carbocycles. The van der Waals surface area contributed by atoms with Crippen LogP contribution in [-0.4, -0.2) is 12.5 Å². The van der Waals surface area contributed by atoms with Crippen LogP contribution in [-0.2, 0) is 4.79 Å². The van der Waals surface area contributed by atoms with Gasteiger partial charge in [0.15, 0.2) is 0 Å². The van der Waals surface area contributed by atoms with E-state index in [1.54, 1.807) is 25.1 Å². The van der Waals surface area contributed by atoms with E-state index in [-0.39, 0.29) is 17.6 Å². The molecule has 0 aliphatic carbocycles. The topological polar surface area (TPSA) is 52.9 Å². The summed E-state index contributed by atoms with van der Waals surface area (Å²) in [4.78, 5) is 11.3. The summed E-state index contributed by atoms with van der Waals surface area (Å²) in [6.07, 6.45) is 2.95. The van der Waals surface area contributed by atoms with E-state index < -0.39 is 0 Å². The monoisotopic (exact) mass is 232 g/mol. The summed E-state index contributed by atoms with van der Waals surface area (Å²) in [6, 6.07) is 7.84. The van der Waals surface area contributed by atoms with Gasteiger partial charge in [-0.05, 0) is 30.7 Å². The molecule has 0 fully saturated rings. The molecular weight excluding hydrogens is 219 g/mol. The number of amides is 1. The third-order valence-electron chi connectivity index (χ3n) is 2.10. The molecule has 88 valence electrons. The molecule has 0 aliphatic rings. The first-order chi connectivity index (χ1) is 8.11. The Morgan fingerprint density at radius 1 is 1.53 bits per heavy atom. The van der Waals surface area contributed by atoms with Crippen LogP contribution in [0.4, 0.5) is 4.39 Å². The van der Waals surface area contributed by atoms with E-state index in [4.69, 9.17) is 5.26 Å². The molecule has 1 rings (SSSR count). The van der Waals surface area contributed by atoms with Gasteiger partial charge in [0.05, 0.1) is 12.0 Å². The SMILES string of the molecule is C[C@H](C#N)CNC(=O)/C=C/c1ccc(F)cc1. The second-order valence-electron chi connectivity index (χ2n) is 3.66. The molecular formula is C13H13FN2O. The first kappa shape index (κ1) is 12.9. The number of benzene rings is 1. The Bertz CT molecular complexity index is 445. The number of carbonyl (C=O) groups is 1. The number of hydrogen-bond donors (Lipinski definition) is 1. The van der Waals surface area contributed by atoms with Crippen molar-refractivity contribution >= 4 is 12.0 Å². The quantitative estimate of drug-likeness (QED) is 0.808. The molecule has 1 atom stereocenters. The van der Waals surface area contributed by atoms with Gasteiger partial charge < -0.3 is 5.32 Å². The average molecular weight is 232 g/mol. The van der Waals surface area contributed by atoms with Crippen molar-refractivity contribution in [2.45, 2.75) is 6.92 Å². The Morgan fingerprint density at radius 2 is 2.18 bits per heavy atom. The van der Waals surface area contributed by atoms with Gasteiger partial charge in [0.25, 0.3) is 0 Å². The van der Waals surface area contributed by atoms with Crippen molar-refractivity contribution in [1.82, 2.24) is 5.32 Å². The van der Waals surface area contributed by atoms with Gasteiger partial charge in [0.1, 0.15) is 5.82 Å². The van der Waals surface area contributed by atoms with Gasteiger partial charge in [-0.15, -0.1) is 0 Å². The maximum absolute atomic E-state index is 12.6. The first-order valence-corrected chi connectivity index (χ1v) is 5.23. The van der Waals surface area contributed by atoms with Crippen LogP contribution in [0, 0.1) is 23.1 Å². The minimum Gasteiger partial charge on any atom is -0.351 e. The van der Waals surface area contributed by atoms with Crippen LogP contribution >= 0.6 is 0 Å². The van der Waals surface area contributed by atoms with Crippen LogP contribution in [0.1, 0.15) is 12.5 Å². The van der Waals surface area contributed by atoms with Crippen molar-refractivity contribution in [2.24, 2.45) is 5.92 Å². The third kappa shape index (κ3) is 4.94. The number of nitrogens with one attached hydrogen (secondary N) is 1. The molecule has 0 aliphatic heterocycles. The standard InChI is InChI=1S/C13H13FN2O/c1-10(8-15)9-16-13(17)7-4-11-2-5-12(14)6-3-11/h2-7,10H,9H2,1H3,(H,16,17)/b7-4+/t10-/m1/s1. The summed E-state index contributed by atoms with van der Waals surface area (Å²) >= 11 is 0. The number of halogens is 1. The van der Waals surface area contributed by atoms with Crippen LogP contribution in [0.5, 0.6) is 0 Å². The lowest BCUT2D eigenvalue weighted by atomic mass is 10.2. The number of nitrogens with zero attached hydrogens (tertiary/aromatic N) is 1. The smallest absolute Gasteiger partial charge is 0.244 e. The molecule has 0 heterocycles. The van der Waals surface area contributed by atoms with Gasteiger partial charge in [-0.25, -0.2) is 4.39 Å². The van der Waals surface area contributed by atoms with Crippen LogP contribution in [0.15, 0.2) is 30.3 Å². The fourth-order valence-corrected chi connectivity index (χ4v) is 1.10. The molecule has 1 amide bonds. The largest absolute Gasteiger partial charge is 0.351 e. The molecule has 4 heteroatoms. The summed E-state index contributed by atoms with van der Waals surface area (Å²) in [5.74, 6) is -0.788. The van der Waals surface area contributed by atoms with Crippen molar-refractivity contribution in [3.8, 4) is 6.07 Å². The van der Waals surface area contributed by atoms with Gasteiger partial charge in [0.2, 0.25) is 5.91 Å². The summed E-state index contributed by atoms with van der Waals surface area (Å²) in [5, 5.41) is 11.1. The van der Waals surface area contributed by atoms with E-state index in [1.165, 1.54) is 18.2 Å². The fourth-order valence-electron chi connectivity index (χ4n) is 1.10. The van der Waals surface area contributed by atoms with Crippen molar-refractivity contribution < 1.29 is 9.18 Å². The fraction of sp³-hybridized carbons (Fsp3) is 0.231. The zero-order valence-corrected chi connectivity index (χ0v) is 9.48. The predicted molar refractivity (Wildman–Crippen MR) is 63.2 cm³/mol. The maximum atomic E-state index is 12.6. The first-order valence-electron chi connectivity index (χ1n) is 5.23. The highest BCUT2D eigenvalue weighted by molar-refractivity contribution is 5.91. The lowest BCUT2D eigenvalue weighted by molar-refractivity contribution is -0.116. The molecule has 1 N–H and O–H groups in total. The van der Waals surface area contributed by atoms with Gasteiger partial charge >= 0.3 is 0 Å². The molecule has 17 heavy (non-hydrogen) atoms. The highest BCUT2D eigenvalue weighted by atomic mass is 19.1. The van der Waals surface area contributed by atoms with Gasteiger partial charge in [0, 0.05) is 12.6 Å². The van der Waals surface area contributed by atoms with Gasteiger partial charge in [-0.1, -0.05) is 12.1 Å². The molecule has 0 bridgehead atoms. The van der Waals surface area contributed by atoms with E-state index in [0.29, 0.717) is 6.54 Å². The molecule has 1 aromatic rings. The van der Waals surface area contributed by atoms with E-state index >= 15 is 0 Å². The molecule has 0 saturated heterocycles. The summed E-state index contributed by atoms with van der Waals surface area (Å²) in [6.45, 7) is 2.05. The van der Waals surface area contributed by atoms with Crippen LogP contribution in [0.2, 0.25) is 0 Å². The van der Waals surface area contributed by atoms with Gasteiger partial charge in [-0.3, -0.25) is 4.79 Å². The van der Waals surface area contributed by atoms with Crippen molar-refractivity contribution in [2.75, 3.05) is 6.54 Å². The van der Waals surface area contributed by atoms with Crippen molar-refractivity contribution in [3.63, 3.8) is 0 Å². The minimum absolute atomic E-state index is 0.210. The van der Waals surface area contributed by atoms with Gasteiger partial charge in [-0.2, -0.15) is 5.26 Å². The zero-order chi connectivity index (χ0) is 12.7. The van der Waals surface area contributed by atoms with Crippen LogP contribution in [0.25, 0.3) is 6.08 Å². The lowest BCUT2D eigenvalue weighted by Crippen LogP contribution is -2.25. The molecule has 0 radical (unpaired) electrons. The second kappa shape index (κ2) is 6.44. The Kier molecular flexibility index (Phi) is 4.89. The zero-order valence-electron chi connectivity index (χ0n) is 9.48. The van der Waals surface area contributed by atoms with Crippen LogP contribution < -0.4 is 5.32 Å². The van der Waals surface area contributed by atoms with Crippen LogP contribution in [0.3, 0.4) is 0 Å². The molecule has 0 aromatic heterocycles. The number of rotatable bonds is 4. The maximum Gasteiger partial charge on any atom is 0.244 e. The highest BCUT2D eigenvalue weighted by Gasteiger charge is 2.00.